The zero-order chi connectivity index (χ0) is 12.3. The van der Waals surface area contributed by atoms with E-state index in [0.29, 0.717) is 11.3 Å². The summed E-state index contributed by atoms with van der Waals surface area (Å²) >= 11 is 3.29. The van der Waals surface area contributed by atoms with Crippen molar-refractivity contribution in [3.05, 3.63) is 34.8 Å². The summed E-state index contributed by atoms with van der Waals surface area (Å²) in [7, 11) is 1.49. The molecule has 0 unspecified atom stereocenters. The Morgan fingerprint density at radius 2 is 2.12 bits per heavy atom. The fourth-order valence-electron chi connectivity index (χ4n) is 1.30. The average molecular weight is 297 g/mol. The van der Waals surface area contributed by atoms with Gasteiger partial charge in [-0.1, -0.05) is 15.9 Å². The van der Waals surface area contributed by atoms with Gasteiger partial charge in [-0.05, 0) is 12.1 Å². The average Bonchev–Trinajstić information content (AvgIpc) is 2.78. The summed E-state index contributed by atoms with van der Waals surface area (Å²) in [6.45, 7) is 0. The van der Waals surface area contributed by atoms with Crippen molar-refractivity contribution in [1.29, 1.82) is 0 Å². The third-order valence-corrected chi connectivity index (χ3v) is 2.46. The van der Waals surface area contributed by atoms with Crippen LogP contribution in [0.2, 0.25) is 0 Å². The van der Waals surface area contributed by atoms with Crippen molar-refractivity contribution >= 4 is 22.1 Å². The van der Waals surface area contributed by atoms with Gasteiger partial charge in [0.25, 0.3) is 0 Å². The highest BCUT2D eigenvalue weighted by Gasteiger charge is 2.08. The van der Waals surface area contributed by atoms with E-state index in [0.717, 1.165) is 4.47 Å². The molecule has 0 aliphatic carbocycles. The molecule has 2 rings (SSSR count). The molecule has 0 bridgehead atoms. The minimum absolute atomic E-state index is 0.0482. The molecule has 0 saturated heterocycles. The van der Waals surface area contributed by atoms with E-state index in [-0.39, 0.29) is 5.75 Å². The zero-order valence-electron chi connectivity index (χ0n) is 8.91. The van der Waals surface area contributed by atoms with Crippen LogP contribution in [0.5, 0.6) is 11.5 Å². The lowest BCUT2D eigenvalue weighted by Gasteiger charge is -2.07. The number of aromatic hydroxyl groups is 1. The second-order valence-electron chi connectivity index (χ2n) is 3.13. The van der Waals surface area contributed by atoms with Crippen LogP contribution in [0, 0.1) is 0 Å². The van der Waals surface area contributed by atoms with Crippen molar-refractivity contribution in [3.63, 3.8) is 0 Å². The van der Waals surface area contributed by atoms with Gasteiger partial charge in [0.15, 0.2) is 11.5 Å². The minimum Gasteiger partial charge on any atom is -0.504 e. The quantitative estimate of drug-likeness (QED) is 0.874. The van der Waals surface area contributed by atoms with Crippen LogP contribution in [-0.4, -0.2) is 33.3 Å². The lowest BCUT2D eigenvalue weighted by atomic mass is 10.2. The first-order valence-corrected chi connectivity index (χ1v) is 5.45. The molecular weight excluding hydrogens is 288 g/mol. The van der Waals surface area contributed by atoms with Gasteiger partial charge >= 0.3 is 0 Å². The van der Waals surface area contributed by atoms with Crippen LogP contribution in [0.3, 0.4) is 0 Å². The molecule has 17 heavy (non-hydrogen) atoms. The molecule has 6 nitrogen and oxygen atoms in total. The first-order valence-electron chi connectivity index (χ1n) is 4.66. The molecule has 0 aliphatic rings. The van der Waals surface area contributed by atoms with Crippen molar-refractivity contribution in [2.24, 2.45) is 5.10 Å². The highest BCUT2D eigenvalue weighted by Crippen LogP contribution is 2.32. The summed E-state index contributed by atoms with van der Waals surface area (Å²) in [5.74, 6) is 0.414. The predicted molar refractivity (Wildman–Crippen MR) is 65.4 cm³/mol. The number of nitrogens with zero attached hydrogens (tertiary/aromatic N) is 4. The molecule has 0 spiro atoms. The second kappa shape index (κ2) is 4.96. The fourth-order valence-corrected chi connectivity index (χ4v) is 1.77. The van der Waals surface area contributed by atoms with Gasteiger partial charge in [0, 0.05) is 10.0 Å². The smallest absolute Gasteiger partial charge is 0.169 e. The number of hydrogen-bond donors (Lipinski definition) is 1. The standard InChI is InChI=1S/C10H9BrN4O2/c1-17-10-7(2-8(11)3-9(10)16)4-14-15-5-12-13-6-15/h2-6,16H,1H3. The molecular formula is C10H9BrN4O2. The highest BCUT2D eigenvalue weighted by molar-refractivity contribution is 9.10. The lowest BCUT2D eigenvalue weighted by molar-refractivity contribution is 0.372. The molecule has 0 aliphatic heterocycles. The lowest BCUT2D eigenvalue weighted by Crippen LogP contribution is -1.93. The molecule has 0 amide bonds. The number of aromatic nitrogens is 3. The Kier molecular flexibility index (Phi) is 3.38. The van der Waals surface area contributed by atoms with E-state index in [1.54, 1.807) is 18.3 Å². The summed E-state index contributed by atoms with van der Waals surface area (Å²) in [5.41, 5.74) is 0.646. The second-order valence-corrected chi connectivity index (χ2v) is 4.05. The molecule has 0 atom stereocenters. The topological polar surface area (TPSA) is 72.5 Å². The van der Waals surface area contributed by atoms with E-state index in [1.807, 2.05) is 0 Å². The van der Waals surface area contributed by atoms with Crippen molar-refractivity contribution in [3.8, 4) is 11.5 Å². The summed E-state index contributed by atoms with van der Waals surface area (Å²) in [5, 5.41) is 21.0. The molecule has 1 N–H and O–H groups in total. The van der Waals surface area contributed by atoms with E-state index in [1.165, 1.54) is 24.4 Å². The van der Waals surface area contributed by atoms with Gasteiger partial charge in [-0.3, -0.25) is 0 Å². The summed E-state index contributed by atoms with van der Waals surface area (Å²) in [6, 6.07) is 3.33. The Hall–Kier alpha value is -1.89. The third kappa shape index (κ3) is 2.62. The molecule has 1 aromatic carbocycles. The molecule has 0 fully saturated rings. The Bertz CT molecular complexity index is 539. The van der Waals surface area contributed by atoms with Crippen LogP contribution in [0.25, 0.3) is 0 Å². The van der Waals surface area contributed by atoms with Gasteiger partial charge < -0.3 is 9.84 Å². The summed E-state index contributed by atoms with van der Waals surface area (Å²) < 4.78 is 7.28. The highest BCUT2D eigenvalue weighted by atomic mass is 79.9. The molecule has 0 radical (unpaired) electrons. The molecule has 1 heterocycles. The van der Waals surface area contributed by atoms with Crippen LogP contribution in [0.1, 0.15) is 5.56 Å². The Balaban J connectivity index is 2.38. The van der Waals surface area contributed by atoms with Crippen LogP contribution in [0.15, 0.2) is 34.4 Å². The SMILES string of the molecule is COc1c(O)cc(Br)cc1C=Nn1cnnc1. The van der Waals surface area contributed by atoms with Crippen molar-refractivity contribution in [2.45, 2.75) is 0 Å². The number of halogens is 1. The number of ether oxygens (including phenoxy) is 1. The maximum absolute atomic E-state index is 9.68. The van der Waals surface area contributed by atoms with Crippen LogP contribution < -0.4 is 4.74 Å². The number of methoxy groups -OCH3 is 1. The van der Waals surface area contributed by atoms with Crippen molar-refractivity contribution in [1.82, 2.24) is 14.9 Å². The van der Waals surface area contributed by atoms with Gasteiger partial charge in [0.2, 0.25) is 0 Å². The summed E-state index contributed by atoms with van der Waals surface area (Å²) in [6.07, 6.45) is 4.47. The third-order valence-electron chi connectivity index (χ3n) is 2.00. The molecule has 7 heteroatoms. The Morgan fingerprint density at radius 1 is 1.41 bits per heavy atom. The van der Waals surface area contributed by atoms with Crippen LogP contribution in [-0.2, 0) is 0 Å². The van der Waals surface area contributed by atoms with E-state index >= 15 is 0 Å². The van der Waals surface area contributed by atoms with E-state index in [9.17, 15) is 5.11 Å². The zero-order valence-corrected chi connectivity index (χ0v) is 10.5. The number of phenolic OH excluding ortho intramolecular Hbond substituents is 1. The molecule has 2 aromatic rings. The van der Waals surface area contributed by atoms with Gasteiger partial charge in [-0.15, -0.1) is 10.2 Å². The van der Waals surface area contributed by atoms with E-state index in [4.69, 9.17) is 4.74 Å². The molecule has 1 aromatic heterocycles. The Morgan fingerprint density at radius 3 is 2.76 bits per heavy atom. The number of rotatable bonds is 3. The van der Waals surface area contributed by atoms with Gasteiger partial charge in [-0.2, -0.15) is 5.10 Å². The van der Waals surface area contributed by atoms with Crippen molar-refractivity contribution in [2.75, 3.05) is 7.11 Å². The largest absolute Gasteiger partial charge is 0.504 e. The maximum atomic E-state index is 9.68. The van der Waals surface area contributed by atoms with Gasteiger partial charge in [0.05, 0.1) is 13.3 Å². The van der Waals surface area contributed by atoms with Crippen LogP contribution >= 0.6 is 15.9 Å². The molecule has 0 saturated carbocycles. The van der Waals surface area contributed by atoms with Gasteiger partial charge in [-0.25, -0.2) is 4.68 Å². The van der Waals surface area contributed by atoms with E-state index in [2.05, 4.69) is 31.2 Å². The fraction of sp³-hybridized carbons (Fsp3) is 0.100. The monoisotopic (exact) mass is 296 g/mol. The minimum atomic E-state index is 0.0482. The normalized spacial score (nSPS) is 10.9. The van der Waals surface area contributed by atoms with E-state index < -0.39 is 0 Å². The first-order chi connectivity index (χ1) is 8.20. The predicted octanol–water partition coefficient (Wildman–Crippen LogP) is 1.64. The first kappa shape index (κ1) is 11.6. The van der Waals surface area contributed by atoms with Gasteiger partial charge in [0.1, 0.15) is 12.7 Å². The Labute approximate surface area is 106 Å². The van der Waals surface area contributed by atoms with Crippen molar-refractivity contribution < 1.29 is 9.84 Å². The number of benzene rings is 1. The number of hydrogen-bond acceptors (Lipinski definition) is 5. The van der Waals surface area contributed by atoms with Crippen LogP contribution in [0.4, 0.5) is 0 Å². The molecule has 88 valence electrons. The maximum Gasteiger partial charge on any atom is 0.169 e. The summed E-state index contributed by atoms with van der Waals surface area (Å²) in [4.78, 5) is 0. The number of phenols is 1.